The smallest absolute Gasteiger partial charge is 0.180 e. The minimum Gasteiger partial charge on any atom is -0.375 e. The maximum Gasteiger partial charge on any atom is 0.180 e. The molecule has 3 nitrogen and oxygen atoms in total. The van der Waals surface area contributed by atoms with Gasteiger partial charge >= 0.3 is 0 Å². The van der Waals surface area contributed by atoms with Crippen LogP contribution in [0.15, 0.2) is 35.4 Å². The Morgan fingerprint density at radius 1 is 1.29 bits per heavy atom. The van der Waals surface area contributed by atoms with Gasteiger partial charge in [0, 0.05) is 29.1 Å². The standard InChI is InChI=1S/C12H15N3S2/c1-16-10-4-2-9(3-5-10)6-14-7-11-8-15-12(13)17-11/h2-5,8,14H,6-7H2,1H3,(H2,13,15). The van der Waals surface area contributed by atoms with E-state index in [1.807, 2.05) is 6.20 Å². The first kappa shape index (κ1) is 12.4. The molecule has 0 fully saturated rings. The summed E-state index contributed by atoms with van der Waals surface area (Å²) in [4.78, 5) is 6.48. The second-order valence-corrected chi connectivity index (χ2v) is 5.64. The number of thioether (sulfide) groups is 1. The lowest BCUT2D eigenvalue weighted by Crippen LogP contribution is -2.11. The van der Waals surface area contributed by atoms with E-state index in [9.17, 15) is 0 Å². The van der Waals surface area contributed by atoms with Crippen molar-refractivity contribution in [1.29, 1.82) is 0 Å². The van der Waals surface area contributed by atoms with Crippen LogP contribution in [0, 0.1) is 0 Å². The predicted octanol–water partition coefficient (Wildman–Crippen LogP) is 2.74. The van der Waals surface area contributed by atoms with Crippen molar-refractivity contribution < 1.29 is 0 Å². The summed E-state index contributed by atoms with van der Waals surface area (Å²) in [5, 5.41) is 4.01. The second-order valence-electron chi connectivity index (χ2n) is 3.62. The van der Waals surface area contributed by atoms with Gasteiger partial charge in [-0.3, -0.25) is 0 Å². The fourth-order valence-corrected chi connectivity index (χ4v) is 2.54. The lowest BCUT2D eigenvalue weighted by molar-refractivity contribution is 0.699. The molecule has 0 unspecified atom stereocenters. The summed E-state index contributed by atoms with van der Waals surface area (Å²) < 4.78 is 0. The zero-order chi connectivity index (χ0) is 12.1. The quantitative estimate of drug-likeness (QED) is 0.816. The zero-order valence-electron chi connectivity index (χ0n) is 9.64. The van der Waals surface area contributed by atoms with Gasteiger partial charge in [0.2, 0.25) is 0 Å². The second kappa shape index (κ2) is 6.05. The third-order valence-corrected chi connectivity index (χ3v) is 3.93. The molecule has 0 atom stereocenters. The number of aromatic nitrogens is 1. The van der Waals surface area contributed by atoms with Gasteiger partial charge in [0.05, 0.1) is 0 Å². The van der Waals surface area contributed by atoms with Crippen LogP contribution in [0.5, 0.6) is 0 Å². The van der Waals surface area contributed by atoms with Gasteiger partial charge in [-0.2, -0.15) is 0 Å². The van der Waals surface area contributed by atoms with E-state index in [1.165, 1.54) is 26.7 Å². The Balaban J connectivity index is 1.81. The van der Waals surface area contributed by atoms with Gasteiger partial charge < -0.3 is 11.1 Å². The maximum absolute atomic E-state index is 5.57. The summed E-state index contributed by atoms with van der Waals surface area (Å²) in [7, 11) is 0. The molecule has 0 aliphatic rings. The van der Waals surface area contributed by atoms with Crippen molar-refractivity contribution in [2.45, 2.75) is 18.0 Å². The lowest BCUT2D eigenvalue weighted by Gasteiger charge is -2.04. The molecule has 2 rings (SSSR count). The van der Waals surface area contributed by atoms with Crippen LogP contribution >= 0.6 is 23.1 Å². The van der Waals surface area contributed by atoms with Gasteiger partial charge in [-0.15, -0.1) is 23.1 Å². The normalized spacial score (nSPS) is 10.6. The number of benzene rings is 1. The van der Waals surface area contributed by atoms with Crippen LogP contribution in [0.3, 0.4) is 0 Å². The number of anilines is 1. The molecular formula is C12H15N3S2. The molecule has 17 heavy (non-hydrogen) atoms. The Morgan fingerprint density at radius 2 is 2.06 bits per heavy atom. The Morgan fingerprint density at radius 3 is 2.65 bits per heavy atom. The molecule has 1 aromatic heterocycles. The summed E-state index contributed by atoms with van der Waals surface area (Å²) in [6.07, 6.45) is 3.91. The molecule has 0 saturated carbocycles. The summed E-state index contributed by atoms with van der Waals surface area (Å²) in [5.74, 6) is 0. The average Bonchev–Trinajstić information content (AvgIpc) is 2.76. The van der Waals surface area contributed by atoms with Gasteiger partial charge in [0.25, 0.3) is 0 Å². The first-order chi connectivity index (χ1) is 8.28. The average molecular weight is 265 g/mol. The minimum absolute atomic E-state index is 0.631. The van der Waals surface area contributed by atoms with Crippen molar-refractivity contribution >= 4 is 28.2 Å². The van der Waals surface area contributed by atoms with Crippen molar-refractivity contribution in [2.75, 3.05) is 12.0 Å². The van der Waals surface area contributed by atoms with E-state index in [0.717, 1.165) is 13.1 Å². The highest BCUT2D eigenvalue weighted by Crippen LogP contribution is 2.16. The molecule has 0 bridgehead atoms. The Labute approximate surface area is 109 Å². The van der Waals surface area contributed by atoms with E-state index in [0.29, 0.717) is 5.13 Å². The molecule has 0 aliphatic carbocycles. The molecule has 3 N–H and O–H groups in total. The molecule has 5 heteroatoms. The number of thiazole rings is 1. The van der Waals surface area contributed by atoms with Crippen LogP contribution in [0.2, 0.25) is 0 Å². The summed E-state index contributed by atoms with van der Waals surface area (Å²) in [6.45, 7) is 1.69. The fourth-order valence-electron chi connectivity index (χ4n) is 1.48. The zero-order valence-corrected chi connectivity index (χ0v) is 11.3. The summed E-state index contributed by atoms with van der Waals surface area (Å²) >= 11 is 3.29. The minimum atomic E-state index is 0.631. The van der Waals surface area contributed by atoms with Gasteiger partial charge in [-0.1, -0.05) is 12.1 Å². The molecule has 90 valence electrons. The summed E-state index contributed by atoms with van der Waals surface area (Å²) in [6, 6.07) is 8.60. The molecule has 0 saturated heterocycles. The van der Waals surface area contributed by atoms with Gasteiger partial charge in [0.1, 0.15) is 0 Å². The number of nitrogens with one attached hydrogen (secondary N) is 1. The monoisotopic (exact) mass is 265 g/mol. The van der Waals surface area contributed by atoms with E-state index < -0.39 is 0 Å². The van der Waals surface area contributed by atoms with Crippen LogP contribution in [-0.2, 0) is 13.1 Å². The van der Waals surface area contributed by atoms with Crippen LogP contribution in [0.25, 0.3) is 0 Å². The number of nitrogens with two attached hydrogens (primary N) is 1. The van der Waals surface area contributed by atoms with Crippen molar-refractivity contribution in [1.82, 2.24) is 10.3 Å². The maximum atomic E-state index is 5.57. The van der Waals surface area contributed by atoms with Crippen molar-refractivity contribution in [3.63, 3.8) is 0 Å². The Hall–Kier alpha value is -1.04. The third kappa shape index (κ3) is 3.73. The number of hydrogen-bond acceptors (Lipinski definition) is 5. The highest BCUT2D eigenvalue weighted by molar-refractivity contribution is 7.98. The van der Waals surface area contributed by atoms with Gasteiger partial charge in [0.15, 0.2) is 5.13 Å². The van der Waals surface area contributed by atoms with Gasteiger partial charge in [-0.25, -0.2) is 4.98 Å². The molecule has 2 aromatic rings. The van der Waals surface area contributed by atoms with Crippen LogP contribution in [0.4, 0.5) is 5.13 Å². The van der Waals surface area contributed by atoms with Crippen LogP contribution in [-0.4, -0.2) is 11.2 Å². The van der Waals surface area contributed by atoms with Gasteiger partial charge in [-0.05, 0) is 24.0 Å². The van der Waals surface area contributed by atoms with Crippen LogP contribution in [0.1, 0.15) is 10.4 Å². The molecule has 0 spiro atoms. The van der Waals surface area contributed by atoms with E-state index >= 15 is 0 Å². The van der Waals surface area contributed by atoms with E-state index in [-0.39, 0.29) is 0 Å². The topological polar surface area (TPSA) is 50.9 Å². The first-order valence-corrected chi connectivity index (χ1v) is 7.36. The SMILES string of the molecule is CSc1ccc(CNCc2cnc(N)s2)cc1. The number of nitrogen functional groups attached to an aromatic ring is 1. The number of rotatable bonds is 5. The summed E-state index contributed by atoms with van der Waals surface area (Å²) in [5.41, 5.74) is 6.86. The third-order valence-electron chi connectivity index (χ3n) is 2.36. The lowest BCUT2D eigenvalue weighted by atomic mass is 10.2. The number of hydrogen-bond donors (Lipinski definition) is 2. The molecule has 0 aliphatic heterocycles. The predicted molar refractivity (Wildman–Crippen MR) is 75.3 cm³/mol. The first-order valence-electron chi connectivity index (χ1n) is 5.32. The van der Waals surface area contributed by atoms with Crippen molar-refractivity contribution in [3.05, 3.63) is 40.9 Å². The molecule has 1 aromatic carbocycles. The molecule has 0 amide bonds. The fraction of sp³-hybridized carbons (Fsp3) is 0.250. The molecular weight excluding hydrogens is 250 g/mol. The van der Waals surface area contributed by atoms with E-state index in [1.54, 1.807) is 11.8 Å². The number of nitrogens with zero attached hydrogens (tertiary/aromatic N) is 1. The highest BCUT2D eigenvalue weighted by atomic mass is 32.2. The largest absolute Gasteiger partial charge is 0.375 e. The molecule has 1 heterocycles. The Kier molecular flexibility index (Phi) is 4.42. The Bertz CT molecular complexity index is 465. The van der Waals surface area contributed by atoms with Crippen molar-refractivity contribution in [2.24, 2.45) is 0 Å². The van der Waals surface area contributed by atoms with Crippen molar-refractivity contribution in [3.8, 4) is 0 Å². The van der Waals surface area contributed by atoms with Crippen LogP contribution < -0.4 is 11.1 Å². The molecule has 0 radical (unpaired) electrons. The highest BCUT2D eigenvalue weighted by Gasteiger charge is 1.98. The van der Waals surface area contributed by atoms with E-state index in [4.69, 9.17) is 5.73 Å². The van der Waals surface area contributed by atoms with E-state index in [2.05, 4.69) is 40.8 Å².